The topological polar surface area (TPSA) is 17.3 Å². The highest BCUT2D eigenvalue weighted by Crippen LogP contribution is 2.26. The summed E-state index contributed by atoms with van der Waals surface area (Å²) in [5.74, 6) is 0. The van der Waals surface area contributed by atoms with Gasteiger partial charge in [0.25, 0.3) is 0 Å². The van der Waals surface area contributed by atoms with Crippen molar-refractivity contribution in [3.8, 4) is 11.1 Å². The third kappa shape index (κ3) is 1.61. The van der Waals surface area contributed by atoms with Gasteiger partial charge in [0.2, 0.25) is 0 Å². The average Bonchev–Trinajstić information content (AvgIpc) is 2.72. The lowest BCUT2D eigenvalue weighted by atomic mass is 10.0. The lowest BCUT2D eigenvalue weighted by Crippen LogP contribution is -1.94. The highest BCUT2D eigenvalue weighted by atomic mass is 15.2. The van der Waals surface area contributed by atoms with Crippen LogP contribution in [0.25, 0.3) is 16.6 Å². The molecule has 2 nitrogen and oxygen atoms in total. The maximum atomic E-state index is 4.39. The van der Waals surface area contributed by atoms with Crippen LogP contribution in [0.5, 0.6) is 0 Å². The van der Waals surface area contributed by atoms with Crippen molar-refractivity contribution in [1.82, 2.24) is 9.61 Å². The fraction of sp³-hybridized carbons (Fsp3) is 0.188. The number of fused-ring (bicyclic) bond motifs is 1. The van der Waals surface area contributed by atoms with Crippen LogP contribution in [0.3, 0.4) is 0 Å². The first-order chi connectivity index (χ1) is 8.66. The van der Waals surface area contributed by atoms with Gasteiger partial charge in [0.1, 0.15) is 0 Å². The number of nitrogens with zero attached hydrogens (tertiary/aromatic N) is 2. The fourth-order valence-electron chi connectivity index (χ4n) is 2.42. The smallest absolute Gasteiger partial charge is 0.0699 e. The molecule has 0 bridgehead atoms. The van der Waals surface area contributed by atoms with Crippen LogP contribution in [0.4, 0.5) is 0 Å². The molecule has 0 aliphatic heterocycles. The Morgan fingerprint density at radius 1 is 0.944 bits per heavy atom. The number of aromatic nitrogens is 2. The number of aryl methyl sites for hydroxylation is 3. The molecule has 0 N–H and O–H groups in total. The van der Waals surface area contributed by atoms with Crippen molar-refractivity contribution in [3.63, 3.8) is 0 Å². The molecule has 0 radical (unpaired) electrons. The number of benzene rings is 1. The van der Waals surface area contributed by atoms with Crippen LogP contribution in [0.1, 0.15) is 16.8 Å². The van der Waals surface area contributed by atoms with Gasteiger partial charge in [0.15, 0.2) is 0 Å². The lowest BCUT2D eigenvalue weighted by molar-refractivity contribution is 0.915. The van der Waals surface area contributed by atoms with E-state index in [1.54, 1.807) is 0 Å². The Morgan fingerprint density at radius 2 is 1.72 bits per heavy atom. The molecule has 0 aliphatic carbocycles. The molecular formula is C16H16N2. The van der Waals surface area contributed by atoms with Crippen molar-refractivity contribution in [2.45, 2.75) is 20.8 Å². The van der Waals surface area contributed by atoms with E-state index in [0.717, 1.165) is 0 Å². The van der Waals surface area contributed by atoms with E-state index < -0.39 is 0 Å². The molecule has 0 aliphatic rings. The largest absolute Gasteiger partial charge is 0.238 e. The molecule has 0 saturated carbocycles. The molecule has 0 unspecified atom stereocenters. The molecule has 3 rings (SSSR count). The second kappa shape index (κ2) is 3.98. The van der Waals surface area contributed by atoms with Gasteiger partial charge in [-0.25, -0.2) is 4.52 Å². The molecule has 1 aromatic carbocycles. The zero-order valence-electron chi connectivity index (χ0n) is 10.9. The number of pyridine rings is 1. The first kappa shape index (κ1) is 11.0. The second-order valence-electron chi connectivity index (χ2n) is 4.82. The minimum absolute atomic E-state index is 1.17. The van der Waals surface area contributed by atoms with Crippen molar-refractivity contribution in [2.75, 3.05) is 0 Å². The first-order valence-electron chi connectivity index (χ1n) is 6.18. The summed E-state index contributed by atoms with van der Waals surface area (Å²) in [7, 11) is 0. The molecule has 0 saturated heterocycles. The van der Waals surface area contributed by atoms with Gasteiger partial charge in [-0.15, -0.1) is 0 Å². The first-order valence-corrected chi connectivity index (χ1v) is 6.18. The molecular weight excluding hydrogens is 220 g/mol. The summed E-state index contributed by atoms with van der Waals surface area (Å²) in [6.07, 6.45) is 1.92. The molecule has 2 heteroatoms. The quantitative estimate of drug-likeness (QED) is 0.626. The van der Waals surface area contributed by atoms with Gasteiger partial charge in [0, 0.05) is 5.69 Å². The van der Waals surface area contributed by atoms with Gasteiger partial charge < -0.3 is 0 Å². The van der Waals surface area contributed by atoms with Gasteiger partial charge in [0.05, 0.1) is 11.7 Å². The summed E-state index contributed by atoms with van der Waals surface area (Å²) in [5, 5.41) is 4.39. The summed E-state index contributed by atoms with van der Waals surface area (Å²) >= 11 is 0. The Hall–Kier alpha value is -2.09. The number of hydrogen-bond acceptors (Lipinski definition) is 1. The summed E-state index contributed by atoms with van der Waals surface area (Å²) in [6.45, 7) is 6.35. The van der Waals surface area contributed by atoms with E-state index in [-0.39, 0.29) is 0 Å². The van der Waals surface area contributed by atoms with Gasteiger partial charge in [-0.2, -0.15) is 5.10 Å². The van der Waals surface area contributed by atoms with Crippen LogP contribution < -0.4 is 0 Å². The van der Waals surface area contributed by atoms with Gasteiger partial charge in [-0.3, -0.25) is 0 Å². The van der Waals surface area contributed by atoms with Crippen LogP contribution in [0, 0.1) is 20.8 Å². The summed E-state index contributed by atoms with van der Waals surface area (Å²) in [5.41, 5.74) is 7.43. The molecule has 18 heavy (non-hydrogen) atoms. The molecule has 3 aromatic rings. The minimum atomic E-state index is 1.17. The van der Waals surface area contributed by atoms with Gasteiger partial charge in [-0.1, -0.05) is 24.3 Å². The molecule has 0 atom stereocenters. The number of hydrogen-bond donors (Lipinski definition) is 0. The summed E-state index contributed by atoms with van der Waals surface area (Å²) in [6, 6.07) is 12.9. The monoisotopic (exact) mass is 236 g/mol. The predicted octanol–water partition coefficient (Wildman–Crippen LogP) is 3.93. The minimum Gasteiger partial charge on any atom is -0.238 e. The Labute approximate surface area is 107 Å². The standard InChI is InChI=1S/C16H16N2/c1-11-6-4-5-7-15(11)14-8-13(3)18-16(9-14)12(2)10-17-18/h4-10H,1-3H3. The highest BCUT2D eigenvalue weighted by molar-refractivity contribution is 5.73. The van der Waals surface area contributed by atoms with E-state index in [2.05, 4.69) is 62.3 Å². The highest BCUT2D eigenvalue weighted by Gasteiger charge is 2.07. The van der Waals surface area contributed by atoms with E-state index in [9.17, 15) is 0 Å². The normalized spacial score (nSPS) is 11.1. The SMILES string of the molecule is Cc1ccccc1-c1cc(C)n2ncc(C)c2c1. The van der Waals surface area contributed by atoms with E-state index in [1.165, 1.54) is 33.5 Å². The van der Waals surface area contributed by atoms with E-state index in [1.807, 2.05) is 10.7 Å². The molecule has 2 aromatic heterocycles. The van der Waals surface area contributed by atoms with Crippen molar-refractivity contribution < 1.29 is 0 Å². The van der Waals surface area contributed by atoms with Crippen LogP contribution in [0.15, 0.2) is 42.6 Å². The molecule has 0 amide bonds. The van der Waals surface area contributed by atoms with Crippen molar-refractivity contribution in [1.29, 1.82) is 0 Å². The lowest BCUT2D eigenvalue weighted by Gasteiger charge is -2.09. The van der Waals surface area contributed by atoms with E-state index in [4.69, 9.17) is 0 Å². The zero-order valence-corrected chi connectivity index (χ0v) is 10.9. The van der Waals surface area contributed by atoms with E-state index >= 15 is 0 Å². The predicted molar refractivity (Wildman–Crippen MR) is 74.8 cm³/mol. The molecule has 0 fully saturated rings. The third-order valence-electron chi connectivity index (χ3n) is 3.45. The third-order valence-corrected chi connectivity index (χ3v) is 3.45. The second-order valence-corrected chi connectivity index (χ2v) is 4.82. The van der Waals surface area contributed by atoms with Crippen molar-refractivity contribution >= 4 is 5.52 Å². The van der Waals surface area contributed by atoms with E-state index in [0.29, 0.717) is 0 Å². The Kier molecular flexibility index (Phi) is 2.44. The zero-order chi connectivity index (χ0) is 12.7. The summed E-state index contributed by atoms with van der Waals surface area (Å²) in [4.78, 5) is 0. The van der Waals surface area contributed by atoms with Gasteiger partial charge >= 0.3 is 0 Å². The van der Waals surface area contributed by atoms with Gasteiger partial charge in [-0.05, 0) is 55.2 Å². The van der Waals surface area contributed by atoms with Crippen molar-refractivity contribution in [3.05, 3.63) is 59.4 Å². The van der Waals surface area contributed by atoms with Crippen LogP contribution in [0.2, 0.25) is 0 Å². The van der Waals surface area contributed by atoms with Crippen LogP contribution >= 0.6 is 0 Å². The summed E-state index contributed by atoms with van der Waals surface area (Å²) < 4.78 is 2.00. The van der Waals surface area contributed by atoms with Crippen LogP contribution in [-0.4, -0.2) is 9.61 Å². The van der Waals surface area contributed by atoms with Crippen LogP contribution in [-0.2, 0) is 0 Å². The molecule has 0 spiro atoms. The fourth-order valence-corrected chi connectivity index (χ4v) is 2.42. The van der Waals surface area contributed by atoms with Crippen molar-refractivity contribution in [2.24, 2.45) is 0 Å². The maximum Gasteiger partial charge on any atom is 0.0699 e. The Balaban J connectivity index is 2.31. The average molecular weight is 236 g/mol. The number of rotatable bonds is 1. The Morgan fingerprint density at radius 3 is 2.50 bits per heavy atom. The molecule has 2 heterocycles. The molecule has 90 valence electrons. The maximum absolute atomic E-state index is 4.39. The Bertz CT molecular complexity index is 723.